The van der Waals surface area contributed by atoms with Gasteiger partial charge < -0.3 is 47.2 Å². The summed E-state index contributed by atoms with van der Waals surface area (Å²) in [6, 6.07) is 0. The Kier molecular flexibility index (Phi) is 9.25. The molecule has 3 rings (SSSR count). The quantitative estimate of drug-likeness (QED) is 0.215. The van der Waals surface area contributed by atoms with E-state index in [4.69, 9.17) is 9.47 Å². The summed E-state index contributed by atoms with van der Waals surface area (Å²) in [6.45, 7) is 19.1. The molecule has 3 aliphatic rings. The van der Waals surface area contributed by atoms with Gasteiger partial charge in [-0.25, -0.2) is 0 Å². The molecule has 1 aliphatic heterocycles. The van der Waals surface area contributed by atoms with E-state index >= 15 is 0 Å². The Morgan fingerprint density at radius 1 is 1.19 bits per heavy atom. The molecule has 0 spiro atoms. The number of quaternary nitrogens is 1. The Morgan fingerprint density at radius 2 is 1.78 bits per heavy atom. The molecule has 2 unspecified atom stereocenters. The monoisotopic (exact) mass is 533 g/mol. The third kappa shape index (κ3) is 4.49. The number of ketones is 1. The van der Waals surface area contributed by atoms with Crippen LogP contribution in [0.15, 0.2) is 12.7 Å². The molecule has 1 saturated heterocycles. The molecular weight excluding hydrogens is 486 g/mol. The van der Waals surface area contributed by atoms with Crippen LogP contribution in [0.2, 0.25) is 0 Å². The van der Waals surface area contributed by atoms with Gasteiger partial charge in [0.1, 0.15) is 24.4 Å². The van der Waals surface area contributed by atoms with Gasteiger partial charge in [-0.05, 0) is 46.0 Å². The Hall–Kier alpha value is -0.580. The molecule has 0 aromatic heterocycles. The van der Waals surface area contributed by atoms with Crippen LogP contribution in [0.5, 0.6) is 0 Å². The predicted octanol–water partition coefficient (Wildman–Crippen LogP) is -2.74. The molecule has 0 amide bonds. The summed E-state index contributed by atoms with van der Waals surface area (Å²) in [6.07, 6.45) is -1.62. The Labute approximate surface area is 222 Å². The summed E-state index contributed by atoms with van der Waals surface area (Å²) >= 11 is 0. The number of rotatable bonds is 8. The van der Waals surface area contributed by atoms with Gasteiger partial charge in [0.25, 0.3) is 0 Å². The first kappa shape index (κ1) is 31.6. The van der Waals surface area contributed by atoms with Crippen molar-refractivity contribution in [1.29, 1.82) is 0 Å². The zero-order valence-electron chi connectivity index (χ0n) is 23.0. The van der Waals surface area contributed by atoms with E-state index in [0.717, 1.165) is 13.1 Å². The highest BCUT2D eigenvalue weighted by atomic mass is 35.5. The van der Waals surface area contributed by atoms with Crippen LogP contribution in [-0.4, -0.2) is 93.7 Å². The predicted molar refractivity (Wildman–Crippen MR) is 132 cm³/mol. The van der Waals surface area contributed by atoms with Crippen molar-refractivity contribution in [3.63, 3.8) is 0 Å². The van der Waals surface area contributed by atoms with Gasteiger partial charge in [-0.3, -0.25) is 4.79 Å². The molecule has 8 nitrogen and oxygen atoms in total. The van der Waals surface area contributed by atoms with Crippen LogP contribution in [0.4, 0.5) is 0 Å². The minimum atomic E-state index is -2.12. The number of likely N-dealkylation sites (N-methyl/N-ethyl adjacent to an activating group) is 1. The van der Waals surface area contributed by atoms with E-state index in [-0.39, 0.29) is 25.4 Å². The number of carbonyl (C=O) groups excluding carboxylic acids is 1. The van der Waals surface area contributed by atoms with E-state index in [1.165, 1.54) is 11.0 Å². The Balaban J connectivity index is 0.00000456. The van der Waals surface area contributed by atoms with Gasteiger partial charge in [-0.2, -0.15) is 0 Å². The first-order valence-electron chi connectivity index (χ1n) is 13.2. The number of aliphatic hydroxyl groups excluding tert-OH is 3. The number of hydrogen-bond acceptors (Lipinski definition) is 7. The largest absolute Gasteiger partial charge is 1.00 e. The van der Waals surface area contributed by atoms with Crippen molar-refractivity contribution < 1.29 is 52.0 Å². The summed E-state index contributed by atoms with van der Waals surface area (Å²) in [5, 5.41) is 46.3. The van der Waals surface area contributed by atoms with Crippen LogP contribution in [-0.2, 0) is 14.3 Å². The number of carbonyl (C=O) groups is 1. The average molecular weight is 534 g/mol. The average Bonchev–Trinajstić information content (AvgIpc) is 2.77. The zero-order valence-corrected chi connectivity index (χ0v) is 23.8. The highest BCUT2D eigenvalue weighted by Crippen LogP contribution is 2.66. The highest BCUT2D eigenvalue weighted by Gasteiger charge is 2.80. The summed E-state index contributed by atoms with van der Waals surface area (Å²) in [5.74, 6) is -1.10. The van der Waals surface area contributed by atoms with E-state index in [2.05, 4.69) is 6.58 Å². The van der Waals surface area contributed by atoms with E-state index < -0.39 is 63.8 Å². The van der Waals surface area contributed by atoms with Crippen LogP contribution in [0, 0.1) is 16.7 Å². The van der Waals surface area contributed by atoms with Crippen LogP contribution in [0.3, 0.4) is 0 Å². The third-order valence-electron chi connectivity index (χ3n) is 9.72. The van der Waals surface area contributed by atoms with Crippen molar-refractivity contribution in [3.8, 4) is 0 Å². The molecule has 9 heteroatoms. The van der Waals surface area contributed by atoms with Gasteiger partial charge in [0, 0.05) is 17.8 Å². The maximum Gasteiger partial charge on any atom is 0.171 e. The zero-order chi connectivity index (χ0) is 26.6. The second-order valence-electron chi connectivity index (χ2n) is 12.4. The normalized spacial score (nSPS) is 44.8. The van der Waals surface area contributed by atoms with E-state index in [9.17, 15) is 25.2 Å². The maximum atomic E-state index is 13.9. The molecule has 1 heterocycles. The number of ether oxygens (including phenoxy) is 2. The molecule has 0 aromatic rings. The molecule has 36 heavy (non-hydrogen) atoms. The van der Waals surface area contributed by atoms with Crippen LogP contribution in [0.25, 0.3) is 0 Å². The minimum Gasteiger partial charge on any atom is -1.00 e. The number of Topliss-reactive ketones (excluding diaryl/α,β-unsaturated/α-hetero) is 1. The first-order valence-corrected chi connectivity index (χ1v) is 13.2. The van der Waals surface area contributed by atoms with Crippen LogP contribution in [0.1, 0.15) is 67.7 Å². The van der Waals surface area contributed by atoms with Gasteiger partial charge in [0.15, 0.2) is 11.4 Å². The fraction of sp³-hybridized carbons (Fsp3) is 0.889. The lowest BCUT2D eigenvalue weighted by Gasteiger charge is -2.71. The maximum absolute atomic E-state index is 13.9. The molecule has 5 N–H and O–H groups in total. The van der Waals surface area contributed by atoms with Gasteiger partial charge >= 0.3 is 0 Å². The summed E-state index contributed by atoms with van der Waals surface area (Å²) < 4.78 is 12.7. The van der Waals surface area contributed by atoms with Gasteiger partial charge in [-0.15, -0.1) is 6.58 Å². The number of aliphatic hydroxyl groups is 4. The lowest BCUT2D eigenvalue weighted by atomic mass is 9.40. The van der Waals surface area contributed by atoms with Crippen molar-refractivity contribution >= 4 is 5.78 Å². The van der Waals surface area contributed by atoms with E-state index in [1.807, 2.05) is 27.7 Å². The molecule has 2 saturated carbocycles. The molecule has 3 fully saturated rings. The molecule has 2 aliphatic carbocycles. The topological polar surface area (TPSA) is 121 Å². The smallest absolute Gasteiger partial charge is 0.171 e. The number of hydrogen-bond donors (Lipinski definition) is 5. The lowest BCUT2D eigenvalue weighted by molar-refractivity contribution is -0.899. The summed E-state index contributed by atoms with van der Waals surface area (Å²) in [5.41, 5.74) is -6.75. The molecule has 9 atom stereocenters. The second kappa shape index (κ2) is 10.5. The van der Waals surface area contributed by atoms with Gasteiger partial charge in [0.05, 0.1) is 37.5 Å². The second-order valence-corrected chi connectivity index (χ2v) is 12.4. The highest BCUT2D eigenvalue weighted by molar-refractivity contribution is 5.92. The number of halogens is 1. The van der Waals surface area contributed by atoms with Crippen LogP contribution >= 0.6 is 0 Å². The Morgan fingerprint density at radius 3 is 2.31 bits per heavy atom. The molecule has 0 radical (unpaired) electrons. The standard InChI is InChI=1S/C27H47NO7.ClH/c1-9-24(6)14-19(31)27(33)25(7)18(30)12-13-23(4,5)21(25)20(32)22(26(27,8)35-24)34-16-17(29)15-28(10-2)11-3;/h9,17-18,20-22,29-30,32-33H,1,10-16H2,2-8H3;1H/t17?,18-,20-,21?,22-,24-,25-,26+,27-;/m0./s1. The summed E-state index contributed by atoms with van der Waals surface area (Å²) in [4.78, 5) is 15.1. The first-order chi connectivity index (χ1) is 16.1. The van der Waals surface area contributed by atoms with Gasteiger partial charge in [0.2, 0.25) is 0 Å². The van der Waals surface area contributed by atoms with Crippen molar-refractivity contribution in [2.75, 3.05) is 26.2 Å². The molecular formula is C27H48ClNO7. The van der Waals surface area contributed by atoms with E-state index in [0.29, 0.717) is 19.4 Å². The van der Waals surface area contributed by atoms with Crippen molar-refractivity contribution in [2.45, 2.75) is 109 Å². The number of fused-ring (bicyclic) bond motifs is 3. The van der Waals surface area contributed by atoms with Crippen LogP contribution < -0.4 is 17.3 Å². The van der Waals surface area contributed by atoms with Crippen molar-refractivity contribution in [2.24, 2.45) is 16.7 Å². The molecule has 0 bridgehead atoms. The van der Waals surface area contributed by atoms with Crippen molar-refractivity contribution in [3.05, 3.63) is 12.7 Å². The van der Waals surface area contributed by atoms with Crippen molar-refractivity contribution in [1.82, 2.24) is 0 Å². The fourth-order valence-electron chi connectivity index (χ4n) is 7.70. The molecule has 0 aromatic carbocycles. The summed E-state index contributed by atoms with van der Waals surface area (Å²) in [7, 11) is 0. The fourth-order valence-corrected chi connectivity index (χ4v) is 7.70. The minimum absolute atomic E-state index is 0. The van der Waals surface area contributed by atoms with Gasteiger partial charge in [-0.1, -0.05) is 26.8 Å². The lowest BCUT2D eigenvalue weighted by Crippen LogP contribution is -3.12. The third-order valence-corrected chi connectivity index (χ3v) is 9.72. The molecule has 210 valence electrons. The number of nitrogens with one attached hydrogen (secondary N) is 1. The SMILES string of the molecule is C=C[C@@]1(C)CC(=O)[C@@]2(O)[C@](C)(O1)[C@@H](OCC(O)C[NH+](CC)CC)[C@@H](O)C1C(C)(C)CC[C@H](O)[C@@]12C.[Cl-]. The Bertz CT molecular complexity index is 822. The van der Waals surface area contributed by atoms with E-state index in [1.54, 1.807) is 20.8 Å².